The van der Waals surface area contributed by atoms with Crippen LogP contribution in [0.5, 0.6) is 0 Å². The van der Waals surface area contributed by atoms with Crippen LogP contribution in [0.2, 0.25) is 0 Å². The molecule has 2 aliphatic rings. The Morgan fingerprint density at radius 2 is 1.88 bits per heavy atom. The molecule has 3 atom stereocenters. The molecule has 1 aliphatic carbocycles. The molecule has 16 heavy (non-hydrogen) atoms. The average molecular weight is 221 g/mol. The number of piperidine rings is 1. The van der Waals surface area contributed by atoms with E-state index in [9.17, 15) is 4.79 Å². The molecule has 3 unspecified atom stereocenters. The topological polar surface area (TPSA) is 20.3 Å². The molecule has 1 saturated heterocycles. The van der Waals surface area contributed by atoms with E-state index in [4.69, 9.17) is 0 Å². The predicted octanol–water partition coefficient (Wildman–Crippen LogP) is 2.85. The highest BCUT2D eigenvalue weighted by Crippen LogP contribution is 2.26. The van der Waals surface area contributed by atoms with Crippen LogP contribution in [-0.2, 0) is 4.79 Å². The number of carbonyl (C=O) groups excluding carboxylic acids is 1. The molecule has 0 aromatic carbocycles. The van der Waals surface area contributed by atoms with Gasteiger partial charge in [0.25, 0.3) is 0 Å². The Balaban J connectivity index is 1.95. The highest BCUT2D eigenvalue weighted by atomic mass is 16.2. The number of nitrogens with zero attached hydrogens (tertiary/aromatic N) is 1. The van der Waals surface area contributed by atoms with Gasteiger partial charge in [-0.1, -0.05) is 26.0 Å². The Labute approximate surface area is 98.7 Å². The fraction of sp³-hybridized carbons (Fsp3) is 0.786. The lowest BCUT2D eigenvalue weighted by atomic mass is 9.88. The third-order valence-electron chi connectivity index (χ3n) is 3.80. The fourth-order valence-corrected chi connectivity index (χ4v) is 3.12. The monoisotopic (exact) mass is 221 g/mol. The van der Waals surface area contributed by atoms with Crippen LogP contribution in [0.1, 0.15) is 39.5 Å². The van der Waals surface area contributed by atoms with E-state index in [-0.39, 0.29) is 5.92 Å². The molecule has 1 heterocycles. The van der Waals surface area contributed by atoms with Crippen molar-refractivity contribution in [2.24, 2.45) is 17.8 Å². The standard InChI is InChI=1S/C14H23NO/c1-11-8-12(2)10-15(9-11)14(16)13-6-4-3-5-7-13/h3-4,11-13H,5-10H2,1-2H3. The van der Waals surface area contributed by atoms with Gasteiger partial charge in [-0.25, -0.2) is 0 Å². The van der Waals surface area contributed by atoms with E-state index in [0.717, 1.165) is 32.4 Å². The Morgan fingerprint density at radius 3 is 2.44 bits per heavy atom. The molecule has 0 N–H and O–H groups in total. The van der Waals surface area contributed by atoms with Crippen molar-refractivity contribution >= 4 is 5.91 Å². The summed E-state index contributed by atoms with van der Waals surface area (Å²) < 4.78 is 0. The smallest absolute Gasteiger partial charge is 0.226 e. The van der Waals surface area contributed by atoms with Gasteiger partial charge in [0.15, 0.2) is 0 Å². The summed E-state index contributed by atoms with van der Waals surface area (Å²) in [5, 5.41) is 0. The molecule has 0 spiro atoms. The number of hydrogen-bond acceptors (Lipinski definition) is 1. The van der Waals surface area contributed by atoms with Crippen molar-refractivity contribution in [2.45, 2.75) is 39.5 Å². The lowest BCUT2D eigenvalue weighted by Gasteiger charge is -2.37. The van der Waals surface area contributed by atoms with Crippen molar-refractivity contribution in [2.75, 3.05) is 13.1 Å². The largest absolute Gasteiger partial charge is 0.342 e. The first-order valence-corrected chi connectivity index (χ1v) is 6.60. The van der Waals surface area contributed by atoms with Crippen molar-refractivity contribution < 1.29 is 4.79 Å². The normalized spacial score (nSPS) is 35.1. The zero-order valence-corrected chi connectivity index (χ0v) is 10.5. The number of rotatable bonds is 1. The van der Waals surface area contributed by atoms with Crippen molar-refractivity contribution in [1.29, 1.82) is 0 Å². The summed E-state index contributed by atoms with van der Waals surface area (Å²) in [5.74, 6) is 2.02. The summed E-state index contributed by atoms with van der Waals surface area (Å²) >= 11 is 0. The summed E-state index contributed by atoms with van der Waals surface area (Å²) in [6.07, 6.45) is 8.73. The third kappa shape index (κ3) is 2.66. The SMILES string of the molecule is CC1CC(C)CN(C(=O)C2CC=CCC2)C1. The van der Waals surface area contributed by atoms with Gasteiger partial charge in [0, 0.05) is 19.0 Å². The molecule has 0 aromatic rings. The lowest BCUT2D eigenvalue weighted by Crippen LogP contribution is -2.45. The Bertz CT molecular complexity index is 274. The average Bonchev–Trinajstić information content (AvgIpc) is 2.28. The highest BCUT2D eigenvalue weighted by molar-refractivity contribution is 5.79. The van der Waals surface area contributed by atoms with E-state index in [1.54, 1.807) is 0 Å². The quantitative estimate of drug-likeness (QED) is 0.623. The van der Waals surface area contributed by atoms with Gasteiger partial charge in [-0.15, -0.1) is 0 Å². The molecular weight excluding hydrogens is 198 g/mol. The number of allylic oxidation sites excluding steroid dienone is 2. The van der Waals surface area contributed by atoms with Gasteiger partial charge in [0.05, 0.1) is 0 Å². The van der Waals surface area contributed by atoms with Crippen LogP contribution >= 0.6 is 0 Å². The lowest BCUT2D eigenvalue weighted by molar-refractivity contribution is -0.138. The third-order valence-corrected chi connectivity index (χ3v) is 3.80. The van der Waals surface area contributed by atoms with E-state index in [1.165, 1.54) is 6.42 Å². The number of carbonyl (C=O) groups is 1. The molecular formula is C14H23NO. The molecule has 0 bridgehead atoms. The van der Waals surface area contributed by atoms with E-state index in [2.05, 4.69) is 30.9 Å². The summed E-state index contributed by atoms with van der Waals surface area (Å²) in [5.41, 5.74) is 0. The van der Waals surface area contributed by atoms with Crippen LogP contribution < -0.4 is 0 Å². The maximum Gasteiger partial charge on any atom is 0.226 e. The zero-order chi connectivity index (χ0) is 11.5. The molecule has 0 saturated carbocycles. The summed E-state index contributed by atoms with van der Waals surface area (Å²) in [6.45, 7) is 6.47. The van der Waals surface area contributed by atoms with Crippen molar-refractivity contribution in [3.05, 3.63) is 12.2 Å². The van der Waals surface area contributed by atoms with Crippen LogP contribution in [-0.4, -0.2) is 23.9 Å². The Morgan fingerprint density at radius 1 is 1.19 bits per heavy atom. The predicted molar refractivity (Wildman–Crippen MR) is 66.0 cm³/mol. The van der Waals surface area contributed by atoms with Crippen LogP contribution in [0.15, 0.2) is 12.2 Å². The molecule has 2 rings (SSSR count). The first kappa shape index (κ1) is 11.7. The maximum absolute atomic E-state index is 12.3. The van der Waals surface area contributed by atoms with Crippen LogP contribution in [0.3, 0.4) is 0 Å². The van der Waals surface area contributed by atoms with E-state index >= 15 is 0 Å². The fourth-order valence-electron chi connectivity index (χ4n) is 3.12. The van der Waals surface area contributed by atoms with E-state index in [1.807, 2.05) is 0 Å². The minimum atomic E-state index is 0.266. The molecule has 0 aromatic heterocycles. The van der Waals surface area contributed by atoms with Crippen molar-refractivity contribution in [1.82, 2.24) is 4.90 Å². The minimum Gasteiger partial charge on any atom is -0.342 e. The Kier molecular flexibility index (Phi) is 3.67. The number of hydrogen-bond donors (Lipinski definition) is 0. The second-order valence-electron chi connectivity index (χ2n) is 5.67. The molecule has 2 nitrogen and oxygen atoms in total. The second-order valence-corrected chi connectivity index (χ2v) is 5.67. The molecule has 2 heteroatoms. The van der Waals surface area contributed by atoms with Crippen molar-refractivity contribution in [3.8, 4) is 0 Å². The van der Waals surface area contributed by atoms with Gasteiger partial charge < -0.3 is 4.90 Å². The summed E-state index contributed by atoms with van der Waals surface area (Å²) in [7, 11) is 0. The van der Waals surface area contributed by atoms with Crippen LogP contribution in [0.25, 0.3) is 0 Å². The molecule has 1 fully saturated rings. The maximum atomic E-state index is 12.3. The van der Waals surface area contributed by atoms with E-state index in [0.29, 0.717) is 17.7 Å². The minimum absolute atomic E-state index is 0.266. The van der Waals surface area contributed by atoms with Crippen LogP contribution in [0.4, 0.5) is 0 Å². The zero-order valence-electron chi connectivity index (χ0n) is 10.5. The van der Waals surface area contributed by atoms with Gasteiger partial charge in [0.2, 0.25) is 5.91 Å². The number of likely N-dealkylation sites (tertiary alicyclic amines) is 1. The first-order chi connectivity index (χ1) is 7.66. The van der Waals surface area contributed by atoms with Crippen molar-refractivity contribution in [3.63, 3.8) is 0 Å². The Hall–Kier alpha value is -0.790. The first-order valence-electron chi connectivity index (χ1n) is 6.60. The van der Waals surface area contributed by atoms with Crippen LogP contribution in [0, 0.1) is 17.8 Å². The second kappa shape index (κ2) is 5.03. The molecule has 90 valence electrons. The van der Waals surface area contributed by atoms with Gasteiger partial charge >= 0.3 is 0 Å². The molecule has 1 amide bonds. The summed E-state index contributed by atoms with van der Waals surface area (Å²) in [6, 6.07) is 0. The highest BCUT2D eigenvalue weighted by Gasteiger charge is 2.29. The van der Waals surface area contributed by atoms with E-state index < -0.39 is 0 Å². The molecule has 0 radical (unpaired) electrons. The van der Waals surface area contributed by atoms with Gasteiger partial charge in [-0.2, -0.15) is 0 Å². The van der Waals surface area contributed by atoms with Gasteiger partial charge in [-0.3, -0.25) is 4.79 Å². The van der Waals surface area contributed by atoms with Gasteiger partial charge in [0.1, 0.15) is 0 Å². The number of amides is 1. The van der Waals surface area contributed by atoms with Gasteiger partial charge in [-0.05, 0) is 37.5 Å². The molecule has 1 aliphatic heterocycles. The summed E-state index contributed by atoms with van der Waals surface area (Å²) in [4.78, 5) is 14.5.